The standard InChI is InChI=1S/C21H18F2N2OS/c1-14-7-2-4-11-18(14)25-19-12-5-3-10-17(19)20(26)24-15-8-6-9-16(13-15)27-21(22)23/h2-13,21,25H,1H3,(H,24,26). The van der Waals surface area contributed by atoms with E-state index in [9.17, 15) is 13.6 Å². The molecule has 0 radical (unpaired) electrons. The Morgan fingerprint density at radius 3 is 2.37 bits per heavy atom. The molecule has 0 saturated heterocycles. The Balaban J connectivity index is 1.81. The highest BCUT2D eigenvalue weighted by atomic mass is 32.2. The van der Waals surface area contributed by atoms with Gasteiger partial charge in [0.15, 0.2) is 0 Å². The fourth-order valence-corrected chi connectivity index (χ4v) is 3.15. The zero-order valence-corrected chi connectivity index (χ0v) is 15.4. The van der Waals surface area contributed by atoms with Crippen molar-refractivity contribution in [2.45, 2.75) is 17.6 Å². The van der Waals surface area contributed by atoms with Crippen molar-refractivity contribution in [2.75, 3.05) is 10.6 Å². The first-order valence-corrected chi connectivity index (χ1v) is 9.19. The number of amides is 1. The van der Waals surface area contributed by atoms with Gasteiger partial charge in [0.2, 0.25) is 0 Å². The Labute approximate surface area is 160 Å². The van der Waals surface area contributed by atoms with Gasteiger partial charge in [0.1, 0.15) is 0 Å². The Kier molecular flexibility index (Phi) is 6.08. The smallest absolute Gasteiger partial charge is 0.288 e. The van der Waals surface area contributed by atoms with Crippen LogP contribution in [0, 0.1) is 6.92 Å². The van der Waals surface area contributed by atoms with Crippen LogP contribution in [-0.4, -0.2) is 11.7 Å². The van der Waals surface area contributed by atoms with E-state index < -0.39 is 5.76 Å². The van der Waals surface area contributed by atoms with Crippen molar-refractivity contribution in [3.63, 3.8) is 0 Å². The Morgan fingerprint density at radius 2 is 1.63 bits per heavy atom. The highest BCUT2D eigenvalue weighted by molar-refractivity contribution is 7.99. The Morgan fingerprint density at radius 1 is 0.926 bits per heavy atom. The maximum absolute atomic E-state index is 12.7. The van der Waals surface area contributed by atoms with E-state index in [0.717, 1.165) is 11.3 Å². The van der Waals surface area contributed by atoms with Crippen LogP contribution in [0.1, 0.15) is 15.9 Å². The second-order valence-corrected chi connectivity index (χ2v) is 6.91. The molecule has 138 valence electrons. The number of hydrogen-bond acceptors (Lipinski definition) is 3. The number of alkyl halides is 2. The highest BCUT2D eigenvalue weighted by Crippen LogP contribution is 2.28. The molecule has 6 heteroatoms. The summed E-state index contributed by atoms with van der Waals surface area (Å²) >= 11 is 0.445. The first-order chi connectivity index (χ1) is 13.0. The first-order valence-electron chi connectivity index (χ1n) is 8.31. The third-order valence-electron chi connectivity index (χ3n) is 3.90. The van der Waals surface area contributed by atoms with Gasteiger partial charge in [-0.2, -0.15) is 8.78 Å². The number of anilines is 3. The number of aryl methyl sites for hydroxylation is 1. The number of halogens is 2. The van der Waals surface area contributed by atoms with E-state index >= 15 is 0 Å². The lowest BCUT2D eigenvalue weighted by molar-refractivity contribution is 0.102. The van der Waals surface area contributed by atoms with E-state index in [2.05, 4.69) is 10.6 Å². The monoisotopic (exact) mass is 384 g/mol. The number of thioether (sulfide) groups is 1. The molecule has 0 spiro atoms. The maximum atomic E-state index is 12.7. The van der Waals surface area contributed by atoms with Crippen molar-refractivity contribution in [1.82, 2.24) is 0 Å². The fourth-order valence-electron chi connectivity index (χ4n) is 2.60. The average Bonchev–Trinajstić information content (AvgIpc) is 2.64. The number of carbonyl (C=O) groups is 1. The van der Waals surface area contributed by atoms with Gasteiger partial charge in [-0.1, -0.05) is 48.2 Å². The topological polar surface area (TPSA) is 41.1 Å². The first kappa shape index (κ1) is 18.9. The van der Waals surface area contributed by atoms with Crippen LogP contribution in [0.4, 0.5) is 25.8 Å². The highest BCUT2D eigenvalue weighted by Gasteiger charge is 2.13. The molecule has 3 rings (SSSR count). The summed E-state index contributed by atoms with van der Waals surface area (Å²) in [5.74, 6) is -2.82. The van der Waals surface area contributed by atoms with Crippen LogP contribution in [0.15, 0.2) is 77.7 Å². The predicted octanol–water partition coefficient (Wildman–Crippen LogP) is 6.31. The number of rotatable bonds is 6. The molecule has 0 heterocycles. The van der Waals surface area contributed by atoms with Crippen LogP contribution in [0.25, 0.3) is 0 Å². The summed E-state index contributed by atoms with van der Waals surface area (Å²) < 4.78 is 25.1. The van der Waals surface area contributed by atoms with E-state index in [4.69, 9.17) is 0 Å². The second kappa shape index (κ2) is 8.68. The zero-order chi connectivity index (χ0) is 19.2. The van der Waals surface area contributed by atoms with Crippen LogP contribution in [0.3, 0.4) is 0 Å². The number of benzene rings is 3. The lowest BCUT2D eigenvalue weighted by Crippen LogP contribution is -2.14. The van der Waals surface area contributed by atoms with Crippen LogP contribution in [0.2, 0.25) is 0 Å². The van der Waals surface area contributed by atoms with Crippen LogP contribution < -0.4 is 10.6 Å². The average molecular weight is 384 g/mol. The van der Waals surface area contributed by atoms with Crippen LogP contribution in [0.5, 0.6) is 0 Å². The summed E-state index contributed by atoms with van der Waals surface area (Å²) in [7, 11) is 0. The molecule has 0 aromatic heterocycles. The van der Waals surface area contributed by atoms with E-state index in [-0.39, 0.29) is 5.91 Å². The summed E-state index contributed by atoms with van der Waals surface area (Å²) in [6.07, 6.45) is 0. The summed E-state index contributed by atoms with van der Waals surface area (Å²) in [5.41, 5.74) is 3.57. The number of carbonyl (C=O) groups excluding carboxylic acids is 1. The van der Waals surface area contributed by atoms with Crippen LogP contribution >= 0.6 is 11.8 Å². The summed E-state index contributed by atoms with van der Waals surface area (Å²) in [4.78, 5) is 13.1. The van der Waals surface area contributed by atoms with Gasteiger partial charge in [-0.15, -0.1) is 0 Å². The zero-order valence-electron chi connectivity index (χ0n) is 14.6. The van der Waals surface area contributed by atoms with Gasteiger partial charge < -0.3 is 10.6 Å². The SMILES string of the molecule is Cc1ccccc1Nc1ccccc1C(=O)Nc1cccc(SC(F)F)c1. The van der Waals surface area contributed by atoms with Gasteiger partial charge in [-0.05, 0) is 48.9 Å². The summed E-state index contributed by atoms with van der Waals surface area (Å²) in [6, 6.07) is 21.4. The van der Waals surface area contributed by atoms with E-state index in [1.807, 2.05) is 43.3 Å². The molecular weight excluding hydrogens is 366 g/mol. The predicted molar refractivity (Wildman–Crippen MR) is 107 cm³/mol. The quantitative estimate of drug-likeness (QED) is 0.490. The molecule has 1 amide bonds. The normalized spacial score (nSPS) is 10.7. The molecule has 0 bridgehead atoms. The minimum Gasteiger partial charge on any atom is -0.355 e. The van der Waals surface area contributed by atoms with Crippen molar-refractivity contribution in [1.29, 1.82) is 0 Å². The van der Waals surface area contributed by atoms with Crippen molar-refractivity contribution < 1.29 is 13.6 Å². The molecule has 0 aliphatic rings. The second-order valence-electron chi connectivity index (χ2n) is 5.85. The fraction of sp³-hybridized carbons (Fsp3) is 0.0952. The van der Waals surface area contributed by atoms with E-state index in [0.29, 0.717) is 33.6 Å². The molecule has 0 aliphatic carbocycles. The molecule has 2 N–H and O–H groups in total. The van der Waals surface area contributed by atoms with Gasteiger partial charge in [0, 0.05) is 16.3 Å². The lowest BCUT2D eigenvalue weighted by Gasteiger charge is -2.14. The molecule has 0 unspecified atom stereocenters. The van der Waals surface area contributed by atoms with Crippen molar-refractivity contribution in [2.24, 2.45) is 0 Å². The lowest BCUT2D eigenvalue weighted by atomic mass is 10.1. The van der Waals surface area contributed by atoms with Gasteiger partial charge in [0.05, 0.1) is 11.3 Å². The molecule has 3 aromatic rings. The third kappa shape index (κ3) is 5.08. The molecule has 3 nitrogen and oxygen atoms in total. The van der Waals surface area contributed by atoms with Gasteiger partial charge >= 0.3 is 0 Å². The molecule has 0 fully saturated rings. The molecule has 27 heavy (non-hydrogen) atoms. The van der Waals surface area contributed by atoms with Crippen molar-refractivity contribution in [3.8, 4) is 0 Å². The Bertz CT molecular complexity index is 947. The Hall–Kier alpha value is -2.86. The summed E-state index contributed by atoms with van der Waals surface area (Å²) in [5, 5.41) is 6.06. The largest absolute Gasteiger partial charge is 0.355 e. The summed E-state index contributed by atoms with van der Waals surface area (Å²) in [6.45, 7) is 1.98. The van der Waals surface area contributed by atoms with Gasteiger partial charge in [-0.25, -0.2) is 0 Å². The number of para-hydroxylation sites is 2. The van der Waals surface area contributed by atoms with Crippen LogP contribution in [-0.2, 0) is 0 Å². The minimum absolute atomic E-state index is 0.314. The van der Waals surface area contributed by atoms with Gasteiger partial charge in [-0.3, -0.25) is 4.79 Å². The molecule has 0 aliphatic heterocycles. The third-order valence-corrected chi connectivity index (χ3v) is 4.61. The molecule has 3 aromatic carbocycles. The maximum Gasteiger partial charge on any atom is 0.288 e. The van der Waals surface area contributed by atoms with Crippen molar-refractivity contribution in [3.05, 3.63) is 83.9 Å². The molecule has 0 saturated carbocycles. The molecular formula is C21H18F2N2OS. The van der Waals surface area contributed by atoms with E-state index in [1.165, 1.54) is 6.07 Å². The number of nitrogens with one attached hydrogen (secondary N) is 2. The van der Waals surface area contributed by atoms with Crippen molar-refractivity contribution >= 4 is 34.7 Å². The minimum atomic E-state index is -2.50. The van der Waals surface area contributed by atoms with E-state index in [1.54, 1.807) is 30.3 Å². The van der Waals surface area contributed by atoms with Gasteiger partial charge in [0.25, 0.3) is 11.7 Å². The molecule has 0 atom stereocenters. The number of hydrogen-bond donors (Lipinski definition) is 2.